The molecule has 0 aliphatic rings. The van der Waals surface area contributed by atoms with Gasteiger partial charge in [-0.1, -0.05) is 30.0 Å². The Hall–Kier alpha value is -2.51. The molecule has 2 aromatic rings. The number of aromatic nitrogens is 1. The van der Waals surface area contributed by atoms with Crippen molar-refractivity contribution in [1.82, 2.24) is 0 Å². The summed E-state index contributed by atoms with van der Waals surface area (Å²) in [6.45, 7) is 0. The minimum atomic E-state index is 0.959. The molecule has 0 spiro atoms. The standard InChI is InChI=1S/C15H9N/c1-2-6-14(7-3-1)8-4-5-9-15-10-12-16-13-11-15/h1-3,6-7,10-13H/p+1. The van der Waals surface area contributed by atoms with Crippen LogP contribution >= 0.6 is 0 Å². The zero-order valence-corrected chi connectivity index (χ0v) is 8.70. The number of hydrogen-bond acceptors (Lipinski definition) is 0. The van der Waals surface area contributed by atoms with Gasteiger partial charge in [0.05, 0.1) is 0 Å². The molecule has 1 aromatic heterocycles. The van der Waals surface area contributed by atoms with Gasteiger partial charge in [-0.05, 0) is 24.0 Å². The van der Waals surface area contributed by atoms with Crippen molar-refractivity contribution in [2.45, 2.75) is 0 Å². The van der Waals surface area contributed by atoms with E-state index in [0.29, 0.717) is 0 Å². The first-order valence-electron chi connectivity index (χ1n) is 4.98. The van der Waals surface area contributed by atoms with Gasteiger partial charge in [-0.25, -0.2) is 4.98 Å². The maximum atomic E-state index is 2.98. The SMILES string of the molecule is C(C#Cc1cc[nH+]cc1)#Cc1ccccc1. The molecule has 0 radical (unpaired) electrons. The Kier molecular flexibility index (Phi) is 3.38. The lowest BCUT2D eigenvalue weighted by Gasteiger charge is -1.83. The van der Waals surface area contributed by atoms with Crippen molar-refractivity contribution in [3.63, 3.8) is 0 Å². The van der Waals surface area contributed by atoms with Crippen LogP contribution < -0.4 is 4.98 Å². The number of rotatable bonds is 0. The largest absolute Gasteiger partial charge is 0.218 e. The van der Waals surface area contributed by atoms with Gasteiger partial charge in [-0.3, -0.25) is 0 Å². The maximum absolute atomic E-state index is 2.98. The van der Waals surface area contributed by atoms with Crippen molar-refractivity contribution in [1.29, 1.82) is 0 Å². The van der Waals surface area contributed by atoms with Gasteiger partial charge < -0.3 is 0 Å². The minimum Gasteiger partial charge on any atom is -0.218 e. The maximum Gasteiger partial charge on any atom is 0.168 e. The summed E-state index contributed by atoms with van der Waals surface area (Å²) in [5.74, 6) is 11.6. The molecule has 1 aromatic carbocycles. The highest BCUT2D eigenvalue weighted by Gasteiger charge is 1.84. The van der Waals surface area contributed by atoms with Gasteiger partial charge in [-0.15, -0.1) is 0 Å². The van der Waals surface area contributed by atoms with Gasteiger partial charge in [0, 0.05) is 23.3 Å². The Bertz CT molecular complexity index is 507. The van der Waals surface area contributed by atoms with E-state index in [-0.39, 0.29) is 0 Å². The van der Waals surface area contributed by atoms with E-state index in [4.69, 9.17) is 0 Å². The topological polar surface area (TPSA) is 14.1 Å². The van der Waals surface area contributed by atoms with Crippen LogP contribution in [0.25, 0.3) is 0 Å². The number of aromatic amines is 1. The van der Waals surface area contributed by atoms with E-state index < -0.39 is 0 Å². The Labute approximate surface area is 95.2 Å². The zero-order valence-electron chi connectivity index (χ0n) is 8.70. The second-order valence-electron chi connectivity index (χ2n) is 3.15. The van der Waals surface area contributed by atoms with Crippen LogP contribution in [0.3, 0.4) is 0 Å². The fourth-order valence-corrected chi connectivity index (χ4v) is 1.20. The van der Waals surface area contributed by atoms with E-state index in [1.54, 1.807) is 0 Å². The van der Waals surface area contributed by atoms with Gasteiger partial charge in [-0.2, -0.15) is 0 Å². The Morgan fingerprint density at radius 3 is 1.88 bits per heavy atom. The first-order valence-corrected chi connectivity index (χ1v) is 4.98. The second kappa shape index (κ2) is 5.39. The molecule has 74 valence electrons. The molecule has 0 aliphatic heterocycles. The Balaban J connectivity index is 2.09. The molecule has 0 bridgehead atoms. The van der Waals surface area contributed by atoms with Crippen molar-refractivity contribution in [3.05, 3.63) is 66.0 Å². The Morgan fingerprint density at radius 2 is 1.25 bits per heavy atom. The summed E-state index contributed by atoms with van der Waals surface area (Å²) in [6.07, 6.45) is 3.68. The molecule has 1 N–H and O–H groups in total. The fraction of sp³-hybridized carbons (Fsp3) is 0. The van der Waals surface area contributed by atoms with Crippen LogP contribution in [0.1, 0.15) is 11.1 Å². The molecule has 2 rings (SSSR count). The van der Waals surface area contributed by atoms with Crippen molar-refractivity contribution in [2.24, 2.45) is 0 Å². The molecule has 0 unspecified atom stereocenters. The van der Waals surface area contributed by atoms with Gasteiger partial charge in [0.15, 0.2) is 12.4 Å². The quantitative estimate of drug-likeness (QED) is 0.582. The third-order valence-corrected chi connectivity index (χ3v) is 1.97. The lowest BCUT2D eigenvalue weighted by Crippen LogP contribution is -1.96. The third-order valence-electron chi connectivity index (χ3n) is 1.97. The third kappa shape index (κ3) is 3.01. The van der Waals surface area contributed by atoms with Gasteiger partial charge >= 0.3 is 0 Å². The molecule has 1 heterocycles. The van der Waals surface area contributed by atoms with Gasteiger partial charge in [0.1, 0.15) is 0 Å². The molecule has 0 aliphatic carbocycles. The highest BCUT2D eigenvalue weighted by atomic mass is 14.6. The smallest absolute Gasteiger partial charge is 0.168 e. The predicted octanol–water partition coefficient (Wildman–Crippen LogP) is 1.90. The summed E-state index contributed by atoms with van der Waals surface area (Å²) in [6, 6.07) is 13.7. The lowest BCUT2D eigenvalue weighted by molar-refractivity contribution is -0.378. The fourth-order valence-electron chi connectivity index (χ4n) is 1.20. The van der Waals surface area contributed by atoms with Gasteiger partial charge in [0.25, 0.3) is 0 Å². The first-order chi connectivity index (χ1) is 7.95. The summed E-state index contributed by atoms with van der Waals surface area (Å²) in [5, 5.41) is 0. The molecule has 16 heavy (non-hydrogen) atoms. The average Bonchev–Trinajstić information content (AvgIpc) is 2.37. The highest BCUT2D eigenvalue weighted by molar-refractivity contribution is 5.43. The average molecular weight is 204 g/mol. The first kappa shape index (κ1) is 10.0. The summed E-state index contributed by atoms with van der Waals surface area (Å²) >= 11 is 0. The van der Waals surface area contributed by atoms with Crippen LogP contribution in [0, 0.1) is 23.7 Å². The van der Waals surface area contributed by atoms with Crippen LogP contribution in [0.4, 0.5) is 0 Å². The van der Waals surface area contributed by atoms with E-state index >= 15 is 0 Å². The van der Waals surface area contributed by atoms with Crippen LogP contribution in [-0.2, 0) is 0 Å². The number of benzene rings is 1. The van der Waals surface area contributed by atoms with Crippen LogP contribution in [0.2, 0.25) is 0 Å². The predicted molar refractivity (Wildman–Crippen MR) is 63.2 cm³/mol. The minimum absolute atomic E-state index is 0.959. The van der Waals surface area contributed by atoms with Crippen molar-refractivity contribution < 1.29 is 4.98 Å². The van der Waals surface area contributed by atoms with Crippen LogP contribution in [0.5, 0.6) is 0 Å². The summed E-state index contributed by atoms with van der Waals surface area (Å²) < 4.78 is 0. The zero-order chi connectivity index (χ0) is 11.1. The van der Waals surface area contributed by atoms with Crippen LogP contribution in [-0.4, -0.2) is 0 Å². The summed E-state index contributed by atoms with van der Waals surface area (Å²) in [5.41, 5.74) is 1.94. The van der Waals surface area contributed by atoms with E-state index in [1.807, 2.05) is 54.9 Å². The van der Waals surface area contributed by atoms with E-state index in [1.165, 1.54) is 0 Å². The summed E-state index contributed by atoms with van der Waals surface area (Å²) in [7, 11) is 0. The molecule has 0 amide bonds. The molecule has 1 heteroatoms. The normalized spacial score (nSPS) is 8.25. The number of nitrogens with one attached hydrogen (secondary N) is 1. The van der Waals surface area contributed by atoms with Crippen molar-refractivity contribution >= 4 is 0 Å². The van der Waals surface area contributed by atoms with Gasteiger partial charge in [0.2, 0.25) is 0 Å². The summed E-state index contributed by atoms with van der Waals surface area (Å²) in [4.78, 5) is 2.95. The monoisotopic (exact) mass is 204 g/mol. The molecule has 0 saturated heterocycles. The van der Waals surface area contributed by atoms with E-state index in [2.05, 4.69) is 28.7 Å². The second-order valence-corrected chi connectivity index (χ2v) is 3.15. The molecular weight excluding hydrogens is 194 g/mol. The highest BCUT2D eigenvalue weighted by Crippen LogP contribution is 1.94. The van der Waals surface area contributed by atoms with E-state index in [0.717, 1.165) is 11.1 Å². The van der Waals surface area contributed by atoms with E-state index in [9.17, 15) is 0 Å². The molecule has 0 atom stereocenters. The lowest BCUT2D eigenvalue weighted by atomic mass is 10.2. The van der Waals surface area contributed by atoms with Crippen molar-refractivity contribution in [2.75, 3.05) is 0 Å². The van der Waals surface area contributed by atoms with Crippen molar-refractivity contribution in [3.8, 4) is 23.7 Å². The Morgan fingerprint density at radius 1 is 0.688 bits per heavy atom. The number of H-pyrrole nitrogens is 1. The van der Waals surface area contributed by atoms with Crippen LogP contribution in [0.15, 0.2) is 54.9 Å². The molecule has 1 nitrogen and oxygen atoms in total. The number of pyridine rings is 1. The number of hydrogen-bond donors (Lipinski definition) is 0. The molecule has 0 saturated carbocycles. The molecule has 0 fully saturated rings. The molecular formula is C15H10N+.